The van der Waals surface area contributed by atoms with E-state index in [4.69, 9.17) is 0 Å². The molecule has 0 saturated carbocycles. The number of hydrogen-bond acceptors (Lipinski definition) is 2. The minimum Gasteiger partial charge on any atom is -1.00 e. The van der Waals surface area contributed by atoms with E-state index in [1.165, 1.54) is 0 Å². The molecule has 0 aliphatic heterocycles. The van der Waals surface area contributed by atoms with Crippen molar-refractivity contribution in [2.45, 2.75) is 0 Å². The minimum atomic E-state index is 0. The number of rotatable bonds is 0. The third-order valence-corrected chi connectivity index (χ3v) is 0.566. The van der Waals surface area contributed by atoms with Crippen LogP contribution < -0.4 is 12.4 Å². The standard InChI is InChI=1S/C5H5N.ClH.Cr.3H2O/c1-2-4-6-5-3-1;;;;;/h1-5H;1H;;3*1H2/q;;+2;;;/p-2. The van der Waals surface area contributed by atoms with Crippen molar-refractivity contribution in [3.05, 3.63) is 30.6 Å². The molecule has 6 heteroatoms. The molecule has 0 saturated heterocycles. The van der Waals surface area contributed by atoms with Gasteiger partial charge in [-0.05, 0) is 12.1 Å². The van der Waals surface area contributed by atoms with Gasteiger partial charge in [0.05, 0.1) is 0 Å². The summed E-state index contributed by atoms with van der Waals surface area (Å²) in [5, 5.41) is 0. The fraction of sp³-hybridized carbons (Fsp3) is 0. The quantitative estimate of drug-likeness (QED) is 0.447. The van der Waals surface area contributed by atoms with Gasteiger partial charge in [-0.3, -0.25) is 4.98 Å². The van der Waals surface area contributed by atoms with Gasteiger partial charge in [0.2, 0.25) is 0 Å². The molecule has 0 aliphatic carbocycles. The molecule has 4 nitrogen and oxygen atoms in total. The van der Waals surface area contributed by atoms with Crippen LogP contribution >= 0.6 is 0 Å². The van der Waals surface area contributed by atoms with Gasteiger partial charge in [-0.2, -0.15) is 0 Å². The maximum atomic E-state index is 3.78. The van der Waals surface area contributed by atoms with E-state index < -0.39 is 0 Å². The second-order valence-electron chi connectivity index (χ2n) is 1.02. The predicted octanol–water partition coefficient (Wildman–Crippen LogP) is -3.74. The molecule has 0 spiro atoms. The normalized spacial score (nSPS) is 4.36. The van der Waals surface area contributed by atoms with E-state index in [1.807, 2.05) is 18.2 Å². The fourth-order valence-corrected chi connectivity index (χ4v) is 0.313. The Balaban J connectivity index is -0.0000000240. The molecular formula is C5H10ClCrNO3. The molecule has 0 radical (unpaired) electrons. The number of halogens is 1. The van der Waals surface area contributed by atoms with Crippen LogP contribution in [0, 0.1) is 0 Å². The van der Waals surface area contributed by atoms with E-state index >= 15 is 0 Å². The molecular weight excluding hydrogens is 210 g/mol. The molecule has 1 rings (SSSR count). The van der Waals surface area contributed by atoms with Gasteiger partial charge < -0.3 is 28.8 Å². The summed E-state index contributed by atoms with van der Waals surface area (Å²) >= 11 is 0. The van der Waals surface area contributed by atoms with Gasteiger partial charge in [-0.1, -0.05) is 6.07 Å². The second kappa shape index (κ2) is 22.5. The van der Waals surface area contributed by atoms with Gasteiger partial charge in [0.1, 0.15) is 0 Å². The van der Waals surface area contributed by atoms with E-state index in [-0.39, 0.29) is 46.2 Å². The first kappa shape index (κ1) is 30.8. The first-order valence-electron chi connectivity index (χ1n) is 1.85. The summed E-state index contributed by atoms with van der Waals surface area (Å²) in [6.07, 6.45) is 3.50. The Hall–Kier alpha value is -0.148. The SMILES string of the molecule is O.O.[Cl-].[Cr+2].[OH-].c1ccncc1. The topological polar surface area (TPSA) is 106 Å². The zero-order chi connectivity index (χ0) is 4.24. The van der Waals surface area contributed by atoms with E-state index in [2.05, 4.69) is 4.98 Å². The molecule has 1 heterocycles. The summed E-state index contributed by atoms with van der Waals surface area (Å²) in [6.45, 7) is 0. The summed E-state index contributed by atoms with van der Waals surface area (Å²) in [7, 11) is 0. The van der Waals surface area contributed by atoms with Crippen LogP contribution in [0.2, 0.25) is 0 Å². The van der Waals surface area contributed by atoms with Crippen LogP contribution in [-0.2, 0) is 17.4 Å². The molecule has 1 aromatic rings. The average Bonchev–Trinajstić information content (AvgIpc) is 1.72. The molecule has 0 amide bonds. The van der Waals surface area contributed by atoms with Gasteiger partial charge >= 0.3 is 17.4 Å². The summed E-state index contributed by atoms with van der Waals surface area (Å²) in [5.41, 5.74) is 0. The van der Waals surface area contributed by atoms with Crippen LogP contribution in [-0.4, -0.2) is 21.4 Å². The molecule has 11 heavy (non-hydrogen) atoms. The summed E-state index contributed by atoms with van der Waals surface area (Å²) in [4.78, 5) is 3.78. The first-order valence-corrected chi connectivity index (χ1v) is 1.85. The molecule has 1 aromatic heterocycles. The van der Waals surface area contributed by atoms with Crippen molar-refractivity contribution in [2.24, 2.45) is 0 Å². The largest absolute Gasteiger partial charge is 2.00 e. The fourth-order valence-electron chi connectivity index (χ4n) is 0.313. The summed E-state index contributed by atoms with van der Waals surface area (Å²) in [5.74, 6) is 0. The van der Waals surface area contributed by atoms with Gasteiger partial charge in [0, 0.05) is 12.4 Å². The average molecular weight is 220 g/mol. The number of hydrogen-bond donors (Lipinski definition) is 0. The monoisotopic (exact) mass is 219 g/mol. The predicted molar refractivity (Wildman–Crippen MR) is 33.4 cm³/mol. The molecule has 0 unspecified atom stereocenters. The van der Waals surface area contributed by atoms with Crippen LogP contribution in [0.15, 0.2) is 30.6 Å². The Bertz CT molecular complexity index is 93.7. The Morgan fingerprint density at radius 1 is 0.818 bits per heavy atom. The maximum absolute atomic E-state index is 3.78. The van der Waals surface area contributed by atoms with Crippen molar-refractivity contribution in [3.8, 4) is 0 Å². The van der Waals surface area contributed by atoms with Crippen molar-refractivity contribution >= 4 is 0 Å². The van der Waals surface area contributed by atoms with Crippen molar-refractivity contribution < 1.29 is 46.2 Å². The van der Waals surface area contributed by atoms with E-state index in [0.29, 0.717) is 0 Å². The van der Waals surface area contributed by atoms with Crippen molar-refractivity contribution in [1.82, 2.24) is 4.98 Å². The van der Waals surface area contributed by atoms with E-state index in [0.717, 1.165) is 0 Å². The van der Waals surface area contributed by atoms with E-state index in [9.17, 15) is 0 Å². The summed E-state index contributed by atoms with van der Waals surface area (Å²) in [6, 6.07) is 5.72. The molecule has 0 atom stereocenters. The van der Waals surface area contributed by atoms with E-state index in [1.54, 1.807) is 12.4 Å². The zero-order valence-corrected chi connectivity index (χ0v) is 7.60. The van der Waals surface area contributed by atoms with Gasteiger partial charge in [-0.25, -0.2) is 0 Å². The molecule has 0 fully saturated rings. The Morgan fingerprint density at radius 2 is 1.18 bits per heavy atom. The Kier molecular flexibility index (Phi) is 63.0. The Labute approximate surface area is 82.1 Å². The third-order valence-electron chi connectivity index (χ3n) is 0.566. The van der Waals surface area contributed by atoms with Gasteiger partial charge in [0.15, 0.2) is 0 Å². The second-order valence-corrected chi connectivity index (χ2v) is 1.02. The van der Waals surface area contributed by atoms with Crippen molar-refractivity contribution in [2.75, 3.05) is 0 Å². The van der Waals surface area contributed by atoms with Gasteiger partial charge in [0.25, 0.3) is 0 Å². The van der Waals surface area contributed by atoms with Crippen LogP contribution in [0.5, 0.6) is 0 Å². The third kappa shape index (κ3) is 17.7. The van der Waals surface area contributed by atoms with Gasteiger partial charge in [-0.15, -0.1) is 0 Å². The maximum Gasteiger partial charge on any atom is 2.00 e. The van der Waals surface area contributed by atoms with Crippen molar-refractivity contribution in [3.63, 3.8) is 0 Å². The molecule has 0 aromatic carbocycles. The van der Waals surface area contributed by atoms with Crippen molar-refractivity contribution in [1.29, 1.82) is 0 Å². The van der Waals surface area contributed by atoms with Crippen LogP contribution in [0.1, 0.15) is 0 Å². The van der Waals surface area contributed by atoms with Crippen LogP contribution in [0.4, 0.5) is 0 Å². The molecule has 0 aliphatic rings. The molecule has 5 N–H and O–H groups in total. The summed E-state index contributed by atoms with van der Waals surface area (Å²) < 4.78 is 0. The number of nitrogens with zero attached hydrogens (tertiary/aromatic N) is 1. The zero-order valence-electron chi connectivity index (χ0n) is 5.57. The molecule has 66 valence electrons. The first-order chi connectivity index (χ1) is 3.00. The minimum absolute atomic E-state index is 0. The number of pyridine rings is 1. The Morgan fingerprint density at radius 3 is 1.27 bits per heavy atom. The molecule has 0 bridgehead atoms. The number of aromatic nitrogens is 1. The van der Waals surface area contributed by atoms with Crippen LogP contribution in [0.25, 0.3) is 0 Å². The van der Waals surface area contributed by atoms with Crippen LogP contribution in [0.3, 0.4) is 0 Å². The smallest absolute Gasteiger partial charge is 1.00 e.